The quantitative estimate of drug-likeness (QED) is 0.402. The number of nitrogens with zero attached hydrogens (tertiary/aromatic N) is 3. The van der Waals surface area contributed by atoms with Crippen LogP contribution in [-0.2, 0) is 16.1 Å². The van der Waals surface area contributed by atoms with Gasteiger partial charge in [-0.15, -0.1) is 0 Å². The topological polar surface area (TPSA) is 73.2 Å². The van der Waals surface area contributed by atoms with Gasteiger partial charge in [-0.1, -0.05) is 59.6 Å². The summed E-state index contributed by atoms with van der Waals surface area (Å²) in [5, 5.41) is 8.58. The van der Waals surface area contributed by atoms with Gasteiger partial charge in [0.25, 0.3) is 0 Å². The van der Waals surface area contributed by atoms with Gasteiger partial charge < -0.3 is 10.1 Å². The Labute approximate surface area is 219 Å². The Morgan fingerprint density at radius 3 is 2.61 bits per heavy atom. The van der Waals surface area contributed by atoms with E-state index in [1.165, 1.54) is 0 Å². The molecule has 2 unspecified atom stereocenters. The van der Waals surface area contributed by atoms with E-state index in [9.17, 15) is 9.59 Å². The fraction of sp³-hybridized carbons (Fsp3) is 0.296. The van der Waals surface area contributed by atoms with Gasteiger partial charge in [-0.3, -0.25) is 0 Å². The van der Waals surface area contributed by atoms with Crippen molar-refractivity contribution < 1.29 is 18.8 Å². The summed E-state index contributed by atoms with van der Waals surface area (Å²) >= 11 is 12.6. The molecule has 3 heterocycles. The SMILES string of the molecule is CC1=C(C(=O)[N+]2(C(=O)OCc3ccccc3)CCC[C@H]2C)C(c2ccc(Cl)c(Cl)c2)n2nccc2N1. The summed E-state index contributed by atoms with van der Waals surface area (Å²) in [5.74, 6) is 0.452. The first-order valence-electron chi connectivity index (χ1n) is 11.9. The molecule has 1 N–H and O–H groups in total. The molecule has 0 saturated carbocycles. The molecular formula is C27H27Cl2N4O3+. The van der Waals surface area contributed by atoms with Crippen LogP contribution in [0.5, 0.6) is 0 Å². The molecule has 1 aromatic heterocycles. The zero-order valence-corrected chi connectivity index (χ0v) is 21.6. The Bertz CT molecular complexity index is 1350. The highest BCUT2D eigenvalue weighted by Gasteiger charge is 2.57. The van der Waals surface area contributed by atoms with E-state index < -0.39 is 16.6 Å². The molecule has 2 aromatic carbocycles. The largest absolute Gasteiger partial charge is 0.524 e. The fourth-order valence-electron chi connectivity index (χ4n) is 5.26. The molecule has 5 rings (SSSR count). The molecule has 3 atom stereocenters. The van der Waals surface area contributed by atoms with Gasteiger partial charge in [0.2, 0.25) is 0 Å². The number of fused-ring (bicyclic) bond motifs is 1. The molecule has 36 heavy (non-hydrogen) atoms. The van der Waals surface area contributed by atoms with Gasteiger partial charge in [0.15, 0.2) is 0 Å². The number of ether oxygens (including phenoxy) is 1. The average Bonchev–Trinajstić information content (AvgIpc) is 3.50. The maximum atomic E-state index is 14.5. The minimum absolute atomic E-state index is 0.107. The minimum Gasteiger partial charge on any atom is -0.415 e. The number of aromatic nitrogens is 2. The Balaban J connectivity index is 1.56. The number of benzene rings is 2. The van der Waals surface area contributed by atoms with Crippen LogP contribution in [0.25, 0.3) is 0 Å². The Morgan fingerprint density at radius 1 is 1.14 bits per heavy atom. The maximum Gasteiger partial charge on any atom is 0.524 e. The summed E-state index contributed by atoms with van der Waals surface area (Å²) in [6.07, 6.45) is 2.63. The number of carbonyl (C=O) groups is 2. The van der Waals surface area contributed by atoms with Crippen LogP contribution in [0, 0.1) is 0 Å². The van der Waals surface area contributed by atoms with Crippen LogP contribution in [0.4, 0.5) is 10.6 Å². The van der Waals surface area contributed by atoms with Gasteiger partial charge >= 0.3 is 12.0 Å². The number of hydrogen-bond donors (Lipinski definition) is 1. The number of imide groups is 1. The van der Waals surface area contributed by atoms with Crippen molar-refractivity contribution in [1.29, 1.82) is 0 Å². The number of carbonyl (C=O) groups excluding carboxylic acids is 2. The fourth-order valence-corrected chi connectivity index (χ4v) is 5.56. The minimum atomic E-state index is -0.580. The number of halogens is 2. The number of amides is 2. The van der Waals surface area contributed by atoms with Crippen LogP contribution in [0.1, 0.15) is 43.9 Å². The molecular weight excluding hydrogens is 499 g/mol. The zero-order chi connectivity index (χ0) is 25.4. The third-order valence-corrected chi connectivity index (χ3v) is 7.92. The number of rotatable bonds is 4. The van der Waals surface area contributed by atoms with Crippen LogP contribution in [0.2, 0.25) is 10.0 Å². The van der Waals surface area contributed by atoms with E-state index in [4.69, 9.17) is 27.9 Å². The van der Waals surface area contributed by atoms with Crippen molar-refractivity contribution >= 4 is 41.0 Å². The van der Waals surface area contributed by atoms with E-state index in [0.717, 1.165) is 29.8 Å². The van der Waals surface area contributed by atoms with Gasteiger partial charge in [-0.2, -0.15) is 14.4 Å². The van der Waals surface area contributed by atoms with Crippen LogP contribution in [-0.4, -0.2) is 38.9 Å². The highest BCUT2D eigenvalue weighted by molar-refractivity contribution is 6.42. The van der Waals surface area contributed by atoms with Gasteiger partial charge in [-0.25, -0.2) is 9.48 Å². The predicted molar refractivity (Wildman–Crippen MR) is 139 cm³/mol. The maximum absolute atomic E-state index is 14.5. The van der Waals surface area contributed by atoms with Crippen LogP contribution >= 0.6 is 23.2 Å². The van der Waals surface area contributed by atoms with Crippen molar-refractivity contribution in [3.05, 3.63) is 93.2 Å². The normalized spacial score (nSPS) is 23.2. The van der Waals surface area contributed by atoms with Gasteiger partial charge in [0.1, 0.15) is 30.1 Å². The molecule has 1 fully saturated rings. The lowest BCUT2D eigenvalue weighted by molar-refractivity contribution is -0.791. The van der Waals surface area contributed by atoms with Gasteiger partial charge in [0, 0.05) is 24.6 Å². The Kier molecular flexibility index (Phi) is 6.64. The number of hydrogen-bond acceptors (Lipinski definition) is 5. The molecule has 3 aromatic rings. The first-order valence-corrected chi connectivity index (χ1v) is 12.7. The molecule has 2 aliphatic rings. The summed E-state index contributed by atoms with van der Waals surface area (Å²) in [6, 6.07) is 15.8. The van der Waals surface area contributed by atoms with Gasteiger partial charge in [0.05, 0.1) is 22.8 Å². The molecule has 2 aliphatic heterocycles. The molecule has 1 saturated heterocycles. The van der Waals surface area contributed by atoms with Crippen molar-refractivity contribution in [3.63, 3.8) is 0 Å². The highest BCUT2D eigenvalue weighted by atomic mass is 35.5. The lowest BCUT2D eigenvalue weighted by Gasteiger charge is -2.36. The molecule has 0 radical (unpaired) electrons. The number of nitrogens with one attached hydrogen (secondary N) is 1. The number of likely N-dealkylation sites (tertiary alicyclic amines) is 1. The third kappa shape index (κ3) is 4.11. The third-order valence-electron chi connectivity index (χ3n) is 7.18. The second-order valence-electron chi connectivity index (χ2n) is 9.33. The molecule has 0 aliphatic carbocycles. The standard InChI is InChI=1S/C27H26Cl2N4O3/c1-17-7-6-14-33(17,27(35)36-16-19-8-4-3-5-9-19)26(34)24-18(2)31-23-12-13-30-32(23)25(24)20-10-11-21(28)22(29)15-20/h3-5,8-13,15,17,25H,6-7,14,16H2,1-2H3/p+1/t17-,25?,33?/m1/s1. The first kappa shape index (κ1) is 24.6. The second-order valence-corrected chi connectivity index (χ2v) is 10.1. The molecule has 2 amide bonds. The average molecular weight is 526 g/mol. The van der Waals surface area contributed by atoms with Crippen molar-refractivity contribution in [1.82, 2.24) is 9.78 Å². The van der Waals surface area contributed by atoms with E-state index in [2.05, 4.69) is 10.4 Å². The Hall–Kier alpha value is -3.13. The van der Waals surface area contributed by atoms with E-state index in [-0.39, 0.29) is 18.6 Å². The van der Waals surface area contributed by atoms with Crippen molar-refractivity contribution in [2.45, 2.75) is 45.4 Å². The lowest BCUT2D eigenvalue weighted by Crippen LogP contribution is -2.60. The highest BCUT2D eigenvalue weighted by Crippen LogP contribution is 2.41. The molecule has 7 nitrogen and oxygen atoms in total. The molecule has 0 spiro atoms. The second kappa shape index (κ2) is 9.73. The van der Waals surface area contributed by atoms with E-state index in [1.807, 2.05) is 56.3 Å². The molecule has 9 heteroatoms. The van der Waals surface area contributed by atoms with Crippen molar-refractivity contribution in [3.8, 4) is 0 Å². The molecule has 0 bridgehead atoms. The monoisotopic (exact) mass is 525 g/mol. The summed E-state index contributed by atoms with van der Waals surface area (Å²) in [4.78, 5) is 28.2. The number of anilines is 1. The van der Waals surface area contributed by atoms with E-state index in [0.29, 0.717) is 27.9 Å². The number of quaternary nitrogens is 1. The summed E-state index contributed by atoms with van der Waals surface area (Å²) in [6.45, 7) is 4.27. The summed E-state index contributed by atoms with van der Waals surface area (Å²) in [7, 11) is 0. The smallest absolute Gasteiger partial charge is 0.415 e. The summed E-state index contributed by atoms with van der Waals surface area (Å²) < 4.78 is 7.12. The molecule has 186 valence electrons. The van der Waals surface area contributed by atoms with Crippen molar-refractivity contribution in [2.75, 3.05) is 11.9 Å². The lowest BCUT2D eigenvalue weighted by atomic mass is 9.93. The van der Waals surface area contributed by atoms with Crippen molar-refractivity contribution in [2.24, 2.45) is 0 Å². The zero-order valence-electron chi connectivity index (χ0n) is 20.1. The number of allylic oxidation sites excluding steroid dienone is 1. The Morgan fingerprint density at radius 2 is 1.92 bits per heavy atom. The predicted octanol–water partition coefficient (Wildman–Crippen LogP) is 6.34. The van der Waals surface area contributed by atoms with Gasteiger partial charge in [-0.05, 0) is 37.1 Å². The van der Waals surface area contributed by atoms with E-state index in [1.54, 1.807) is 23.0 Å². The van der Waals surface area contributed by atoms with Crippen LogP contribution in [0.3, 0.4) is 0 Å². The van der Waals surface area contributed by atoms with Crippen LogP contribution in [0.15, 0.2) is 72.1 Å². The van der Waals surface area contributed by atoms with Crippen LogP contribution < -0.4 is 5.32 Å². The first-order chi connectivity index (χ1) is 17.3. The summed E-state index contributed by atoms with van der Waals surface area (Å²) in [5.41, 5.74) is 2.74. The van der Waals surface area contributed by atoms with E-state index >= 15 is 0 Å².